The van der Waals surface area contributed by atoms with E-state index in [1.807, 2.05) is 0 Å². The number of nitrogens with zero attached hydrogens (tertiary/aromatic N) is 2. The SMILES string of the molecule is CCOC(N)=C(C#N)C#N. The molecule has 0 aliphatic heterocycles. The third kappa shape index (κ3) is 2.06. The van der Waals surface area contributed by atoms with E-state index in [2.05, 4.69) is 0 Å². The fraction of sp³-hybridized carbons (Fsp3) is 0.333. The summed E-state index contributed by atoms with van der Waals surface area (Å²) in [7, 11) is 0. The Kier molecular flexibility index (Phi) is 3.51. The first-order chi connectivity index (χ1) is 4.76. The van der Waals surface area contributed by atoms with Gasteiger partial charge in [0.05, 0.1) is 6.61 Å². The van der Waals surface area contributed by atoms with E-state index in [1.54, 1.807) is 19.1 Å². The molecule has 0 radical (unpaired) electrons. The van der Waals surface area contributed by atoms with Crippen LogP contribution in [0.25, 0.3) is 0 Å². The second kappa shape index (κ2) is 4.22. The molecule has 0 aromatic heterocycles. The van der Waals surface area contributed by atoms with Crippen molar-refractivity contribution < 1.29 is 4.74 Å². The summed E-state index contributed by atoms with van der Waals surface area (Å²) in [5.41, 5.74) is 4.98. The molecule has 0 atom stereocenters. The minimum atomic E-state index is -0.179. The predicted molar refractivity (Wildman–Crippen MR) is 34.1 cm³/mol. The van der Waals surface area contributed by atoms with Crippen molar-refractivity contribution in [3.8, 4) is 12.1 Å². The molecule has 0 saturated heterocycles. The number of rotatable bonds is 2. The van der Waals surface area contributed by atoms with Crippen LogP contribution in [0.5, 0.6) is 0 Å². The van der Waals surface area contributed by atoms with E-state index in [0.717, 1.165) is 0 Å². The lowest BCUT2D eigenvalue weighted by atomic mass is 10.3. The Morgan fingerprint density at radius 1 is 1.50 bits per heavy atom. The molecule has 0 saturated carbocycles. The number of hydrogen-bond donors (Lipinski definition) is 1. The smallest absolute Gasteiger partial charge is 0.213 e. The summed E-state index contributed by atoms with van der Waals surface area (Å²) in [5, 5.41) is 16.5. The van der Waals surface area contributed by atoms with E-state index >= 15 is 0 Å². The van der Waals surface area contributed by atoms with Crippen LogP contribution in [0, 0.1) is 22.7 Å². The monoisotopic (exact) mass is 137 g/mol. The first-order valence-corrected chi connectivity index (χ1v) is 2.69. The van der Waals surface area contributed by atoms with Crippen LogP contribution in [0.3, 0.4) is 0 Å². The topological polar surface area (TPSA) is 82.8 Å². The molecule has 0 heterocycles. The second-order valence-electron chi connectivity index (χ2n) is 1.40. The summed E-state index contributed by atoms with van der Waals surface area (Å²) in [4.78, 5) is 0. The fourth-order valence-electron chi connectivity index (χ4n) is 0.363. The number of nitriles is 2. The van der Waals surface area contributed by atoms with Gasteiger partial charge in [0.15, 0.2) is 5.57 Å². The third-order valence-corrected chi connectivity index (χ3v) is 0.770. The van der Waals surface area contributed by atoms with Gasteiger partial charge in [-0.15, -0.1) is 0 Å². The standard InChI is InChI=1S/C6H7N3O/c1-2-10-6(9)5(3-7)4-8/h2,9H2,1H3. The lowest BCUT2D eigenvalue weighted by Gasteiger charge is -1.99. The Hall–Kier alpha value is -1.68. The molecule has 0 fully saturated rings. The van der Waals surface area contributed by atoms with Crippen LogP contribution in [0.15, 0.2) is 11.5 Å². The highest BCUT2D eigenvalue weighted by molar-refractivity contribution is 5.36. The number of nitrogens with two attached hydrogens (primary N) is 1. The van der Waals surface area contributed by atoms with Gasteiger partial charge in [0.1, 0.15) is 12.1 Å². The van der Waals surface area contributed by atoms with Crippen molar-refractivity contribution in [1.29, 1.82) is 10.5 Å². The van der Waals surface area contributed by atoms with Crippen LogP contribution in [-0.2, 0) is 4.74 Å². The first-order valence-electron chi connectivity index (χ1n) is 2.69. The minimum Gasteiger partial charge on any atom is -0.478 e. The predicted octanol–water partition coefficient (Wildman–Crippen LogP) is 0.240. The molecule has 0 aromatic rings. The van der Waals surface area contributed by atoms with Crippen molar-refractivity contribution in [2.75, 3.05) is 6.61 Å². The van der Waals surface area contributed by atoms with E-state index in [-0.39, 0.29) is 11.5 Å². The molecular formula is C6H7N3O. The molecular weight excluding hydrogens is 130 g/mol. The minimum absolute atomic E-state index is 0.104. The molecule has 0 aliphatic carbocycles. The highest BCUT2D eigenvalue weighted by Gasteiger charge is 1.99. The molecule has 0 spiro atoms. The number of ether oxygens (including phenoxy) is 1. The van der Waals surface area contributed by atoms with Gasteiger partial charge in [-0.05, 0) is 6.92 Å². The number of allylic oxidation sites excluding steroid dienone is 1. The lowest BCUT2D eigenvalue weighted by molar-refractivity contribution is 0.225. The van der Waals surface area contributed by atoms with Crippen molar-refractivity contribution in [1.82, 2.24) is 0 Å². The summed E-state index contributed by atoms with van der Waals surface area (Å²) in [6.07, 6.45) is 0. The summed E-state index contributed by atoms with van der Waals surface area (Å²) in [6, 6.07) is 3.21. The average Bonchev–Trinajstić information content (AvgIpc) is 1.91. The number of hydrogen-bond acceptors (Lipinski definition) is 4. The van der Waals surface area contributed by atoms with Crippen LogP contribution in [0.2, 0.25) is 0 Å². The molecule has 0 rings (SSSR count). The van der Waals surface area contributed by atoms with E-state index in [9.17, 15) is 0 Å². The average molecular weight is 137 g/mol. The fourth-order valence-corrected chi connectivity index (χ4v) is 0.363. The summed E-state index contributed by atoms with van der Waals surface area (Å²) < 4.78 is 4.70. The van der Waals surface area contributed by atoms with Crippen LogP contribution in [0.4, 0.5) is 0 Å². The highest BCUT2D eigenvalue weighted by Crippen LogP contribution is 1.96. The molecule has 52 valence electrons. The van der Waals surface area contributed by atoms with E-state index in [4.69, 9.17) is 21.0 Å². The largest absolute Gasteiger partial charge is 0.478 e. The maximum absolute atomic E-state index is 8.23. The van der Waals surface area contributed by atoms with Crippen LogP contribution in [-0.4, -0.2) is 6.61 Å². The van der Waals surface area contributed by atoms with Crippen molar-refractivity contribution >= 4 is 0 Å². The molecule has 0 aliphatic rings. The molecule has 0 unspecified atom stereocenters. The molecule has 0 aromatic carbocycles. The quantitative estimate of drug-likeness (QED) is 0.436. The Morgan fingerprint density at radius 2 is 2.00 bits per heavy atom. The van der Waals surface area contributed by atoms with Gasteiger partial charge in [0.25, 0.3) is 0 Å². The molecule has 2 N–H and O–H groups in total. The van der Waals surface area contributed by atoms with Gasteiger partial charge in [-0.2, -0.15) is 10.5 Å². The highest BCUT2D eigenvalue weighted by atomic mass is 16.5. The Bertz CT molecular complexity index is 202. The van der Waals surface area contributed by atoms with E-state index in [0.29, 0.717) is 6.61 Å². The Morgan fingerprint density at radius 3 is 2.30 bits per heavy atom. The Labute approximate surface area is 59.1 Å². The lowest BCUT2D eigenvalue weighted by Crippen LogP contribution is -2.05. The van der Waals surface area contributed by atoms with Crippen LogP contribution in [0.1, 0.15) is 6.92 Å². The van der Waals surface area contributed by atoms with Crippen molar-refractivity contribution in [3.05, 3.63) is 11.5 Å². The van der Waals surface area contributed by atoms with Crippen molar-refractivity contribution in [3.63, 3.8) is 0 Å². The first kappa shape index (κ1) is 8.32. The van der Waals surface area contributed by atoms with Gasteiger partial charge < -0.3 is 10.5 Å². The summed E-state index contributed by atoms with van der Waals surface area (Å²) in [6.45, 7) is 2.08. The van der Waals surface area contributed by atoms with Gasteiger partial charge in [-0.3, -0.25) is 0 Å². The molecule has 0 bridgehead atoms. The molecule has 4 heteroatoms. The zero-order chi connectivity index (χ0) is 7.98. The van der Waals surface area contributed by atoms with Gasteiger partial charge in [-0.1, -0.05) is 0 Å². The Balaban J connectivity index is 4.36. The zero-order valence-corrected chi connectivity index (χ0v) is 5.59. The van der Waals surface area contributed by atoms with Crippen molar-refractivity contribution in [2.24, 2.45) is 5.73 Å². The second-order valence-corrected chi connectivity index (χ2v) is 1.40. The zero-order valence-electron chi connectivity index (χ0n) is 5.59. The normalized spacial score (nSPS) is 7.10. The molecule has 4 nitrogen and oxygen atoms in total. The van der Waals surface area contributed by atoms with Crippen molar-refractivity contribution in [2.45, 2.75) is 6.92 Å². The van der Waals surface area contributed by atoms with Crippen LogP contribution < -0.4 is 5.73 Å². The van der Waals surface area contributed by atoms with Gasteiger partial charge in [0.2, 0.25) is 5.88 Å². The summed E-state index contributed by atoms with van der Waals surface area (Å²) >= 11 is 0. The van der Waals surface area contributed by atoms with E-state index in [1.165, 1.54) is 0 Å². The van der Waals surface area contributed by atoms with Crippen LogP contribution >= 0.6 is 0 Å². The van der Waals surface area contributed by atoms with Gasteiger partial charge >= 0.3 is 0 Å². The maximum atomic E-state index is 8.23. The van der Waals surface area contributed by atoms with E-state index < -0.39 is 0 Å². The molecule has 0 amide bonds. The van der Waals surface area contributed by atoms with Gasteiger partial charge in [-0.25, -0.2) is 0 Å². The van der Waals surface area contributed by atoms with Gasteiger partial charge in [0, 0.05) is 0 Å². The maximum Gasteiger partial charge on any atom is 0.213 e. The summed E-state index contributed by atoms with van der Waals surface area (Å²) in [5.74, 6) is -0.104. The third-order valence-electron chi connectivity index (χ3n) is 0.770. The molecule has 10 heavy (non-hydrogen) atoms.